The Kier molecular flexibility index (Phi) is 4.81. The Balaban J connectivity index is 1.92. The lowest BCUT2D eigenvalue weighted by Crippen LogP contribution is -2.33. The number of carbonyl (C=O) groups is 1. The summed E-state index contributed by atoms with van der Waals surface area (Å²) >= 11 is 1.54. The Bertz CT molecular complexity index is 757. The van der Waals surface area contributed by atoms with Crippen molar-refractivity contribution in [2.75, 3.05) is 20.2 Å². The second kappa shape index (κ2) is 7.00. The lowest BCUT2D eigenvalue weighted by Gasteiger charge is -2.16. The molecule has 122 valence electrons. The topological polar surface area (TPSA) is 46.8 Å². The number of aromatic nitrogens is 1. The van der Waals surface area contributed by atoms with Crippen LogP contribution >= 0.6 is 11.3 Å². The van der Waals surface area contributed by atoms with Crippen LogP contribution in [0.2, 0.25) is 0 Å². The Morgan fingerprint density at radius 1 is 1.30 bits per heavy atom. The number of para-hydroxylation sites is 2. The molecule has 1 aromatic carbocycles. The van der Waals surface area contributed by atoms with E-state index < -0.39 is 0 Å². The van der Waals surface area contributed by atoms with Crippen LogP contribution in [-0.2, 0) is 11.3 Å². The highest BCUT2D eigenvalue weighted by Crippen LogP contribution is 2.25. The number of amides is 1. The third-order valence-electron chi connectivity index (χ3n) is 4.04. The number of hydrogen-bond acceptors (Lipinski definition) is 4. The maximum atomic E-state index is 12.4. The van der Waals surface area contributed by atoms with Gasteiger partial charge in [-0.1, -0.05) is 12.1 Å². The zero-order valence-corrected chi connectivity index (χ0v) is 14.3. The van der Waals surface area contributed by atoms with E-state index in [1.807, 2.05) is 46.0 Å². The van der Waals surface area contributed by atoms with Crippen LogP contribution in [-0.4, -0.2) is 35.6 Å². The summed E-state index contributed by atoms with van der Waals surface area (Å²) in [6.07, 6.45) is 2.22. The number of carbonyl (C=O) groups excluding carboxylic acids is 1. The predicted molar refractivity (Wildman–Crippen MR) is 91.1 cm³/mol. The van der Waals surface area contributed by atoms with Crippen LogP contribution in [0.5, 0.6) is 5.75 Å². The van der Waals surface area contributed by atoms with Gasteiger partial charge in [-0.25, -0.2) is 4.99 Å². The van der Waals surface area contributed by atoms with Gasteiger partial charge in [0.2, 0.25) is 5.91 Å². The van der Waals surface area contributed by atoms with Crippen molar-refractivity contribution in [3.05, 3.63) is 40.1 Å². The molecular weight excluding hydrogens is 310 g/mol. The number of rotatable bonds is 4. The minimum absolute atomic E-state index is 0.172. The predicted octanol–water partition coefficient (Wildman–Crippen LogP) is 2.72. The van der Waals surface area contributed by atoms with Crippen LogP contribution in [0, 0.1) is 6.92 Å². The van der Waals surface area contributed by atoms with E-state index in [9.17, 15) is 4.79 Å². The molecule has 23 heavy (non-hydrogen) atoms. The highest BCUT2D eigenvalue weighted by atomic mass is 32.1. The quantitative estimate of drug-likeness (QED) is 0.865. The molecule has 0 unspecified atom stereocenters. The summed E-state index contributed by atoms with van der Waals surface area (Å²) < 4.78 is 7.34. The molecule has 3 rings (SSSR count). The number of thiazole rings is 1. The summed E-state index contributed by atoms with van der Waals surface area (Å²) in [5.74, 6) is 0.904. The van der Waals surface area contributed by atoms with Gasteiger partial charge in [-0.05, 0) is 31.9 Å². The van der Waals surface area contributed by atoms with E-state index in [4.69, 9.17) is 9.73 Å². The summed E-state index contributed by atoms with van der Waals surface area (Å²) in [6, 6.07) is 7.66. The van der Waals surface area contributed by atoms with Gasteiger partial charge in [0.25, 0.3) is 0 Å². The Morgan fingerprint density at radius 3 is 2.78 bits per heavy atom. The van der Waals surface area contributed by atoms with E-state index in [2.05, 4.69) is 0 Å². The molecule has 2 aromatic rings. The van der Waals surface area contributed by atoms with Crippen LogP contribution in [0.4, 0.5) is 5.69 Å². The summed E-state index contributed by atoms with van der Waals surface area (Å²) in [7, 11) is 1.64. The molecule has 6 heteroatoms. The smallest absolute Gasteiger partial charge is 0.242 e. The Hall–Kier alpha value is -2.08. The fourth-order valence-electron chi connectivity index (χ4n) is 2.72. The van der Waals surface area contributed by atoms with Crippen LogP contribution in [0.3, 0.4) is 0 Å². The fraction of sp³-hybridized carbons (Fsp3) is 0.412. The molecule has 5 nitrogen and oxygen atoms in total. The van der Waals surface area contributed by atoms with Crippen molar-refractivity contribution >= 4 is 22.9 Å². The number of methoxy groups -OCH3 is 1. The van der Waals surface area contributed by atoms with E-state index in [1.165, 1.54) is 0 Å². The van der Waals surface area contributed by atoms with Gasteiger partial charge in [-0.2, -0.15) is 0 Å². The molecule has 1 aromatic heterocycles. The minimum Gasteiger partial charge on any atom is -0.494 e. The normalized spacial score (nSPS) is 15.2. The van der Waals surface area contributed by atoms with Crippen molar-refractivity contribution in [3.63, 3.8) is 0 Å². The number of hydrogen-bond donors (Lipinski definition) is 0. The van der Waals surface area contributed by atoms with Gasteiger partial charge in [0.15, 0.2) is 4.80 Å². The van der Waals surface area contributed by atoms with Crippen molar-refractivity contribution in [3.8, 4) is 5.75 Å². The van der Waals surface area contributed by atoms with Crippen molar-refractivity contribution in [2.45, 2.75) is 26.3 Å². The van der Waals surface area contributed by atoms with Crippen molar-refractivity contribution < 1.29 is 9.53 Å². The Morgan fingerprint density at radius 2 is 2.04 bits per heavy atom. The van der Waals surface area contributed by atoms with Crippen molar-refractivity contribution in [2.24, 2.45) is 4.99 Å². The maximum absolute atomic E-state index is 12.4. The molecule has 1 amide bonds. The van der Waals surface area contributed by atoms with Gasteiger partial charge >= 0.3 is 0 Å². The molecule has 0 aliphatic carbocycles. The van der Waals surface area contributed by atoms with Gasteiger partial charge in [-0.3, -0.25) is 4.79 Å². The highest BCUT2D eigenvalue weighted by Gasteiger charge is 2.19. The minimum atomic E-state index is 0.172. The van der Waals surface area contributed by atoms with Crippen molar-refractivity contribution in [1.82, 2.24) is 9.47 Å². The highest BCUT2D eigenvalue weighted by molar-refractivity contribution is 7.07. The number of benzene rings is 1. The molecule has 1 aliphatic heterocycles. The summed E-state index contributed by atoms with van der Waals surface area (Å²) in [6.45, 7) is 4.11. The van der Waals surface area contributed by atoms with Gasteiger partial charge < -0.3 is 14.2 Å². The summed E-state index contributed by atoms with van der Waals surface area (Å²) in [4.78, 5) is 19.9. The third kappa shape index (κ3) is 3.47. The van der Waals surface area contributed by atoms with E-state index in [-0.39, 0.29) is 5.91 Å². The van der Waals surface area contributed by atoms with Gasteiger partial charge in [0.05, 0.1) is 7.11 Å². The molecule has 2 heterocycles. The first-order valence-electron chi connectivity index (χ1n) is 7.79. The molecule has 0 bridgehead atoms. The van der Waals surface area contributed by atoms with E-state index in [0.29, 0.717) is 6.54 Å². The number of likely N-dealkylation sites (tertiary alicyclic amines) is 1. The van der Waals surface area contributed by atoms with Gasteiger partial charge in [0, 0.05) is 24.2 Å². The monoisotopic (exact) mass is 331 g/mol. The zero-order valence-electron chi connectivity index (χ0n) is 13.5. The molecule has 0 saturated carbocycles. The van der Waals surface area contributed by atoms with Crippen LogP contribution < -0.4 is 9.54 Å². The number of ether oxygens (including phenoxy) is 1. The maximum Gasteiger partial charge on any atom is 0.242 e. The third-order valence-corrected chi connectivity index (χ3v) is 5.03. The standard InChI is InChI=1S/C17H21N3O2S/c1-13-12-23-17(18-14-7-3-4-8-15(14)22-2)20(13)11-16(21)19-9-5-6-10-19/h3-4,7-8,12H,5-6,9-11H2,1-2H3. The summed E-state index contributed by atoms with van der Waals surface area (Å²) in [5, 5.41) is 2.03. The molecule has 1 fully saturated rings. The zero-order chi connectivity index (χ0) is 16.2. The van der Waals surface area contributed by atoms with Crippen LogP contribution in [0.1, 0.15) is 18.5 Å². The average Bonchev–Trinajstić information content (AvgIpc) is 3.21. The first-order chi connectivity index (χ1) is 11.2. The van der Waals surface area contributed by atoms with Gasteiger partial charge in [-0.15, -0.1) is 11.3 Å². The van der Waals surface area contributed by atoms with Crippen LogP contribution in [0.25, 0.3) is 0 Å². The SMILES string of the molecule is COc1ccccc1N=c1scc(C)n1CC(=O)N1CCCC1. The largest absolute Gasteiger partial charge is 0.494 e. The lowest BCUT2D eigenvalue weighted by atomic mass is 10.3. The molecule has 0 spiro atoms. The molecule has 0 radical (unpaired) electrons. The molecule has 0 atom stereocenters. The first kappa shape index (κ1) is 15.8. The van der Waals surface area contributed by atoms with E-state index >= 15 is 0 Å². The first-order valence-corrected chi connectivity index (χ1v) is 8.67. The Labute approximate surface area is 139 Å². The van der Waals surface area contributed by atoms with Crippen molar-refractivity contribution in [1.29, 1.82) is 0 Å². The molecule has 0 N–H and O–H groups in total. The number of nitrogens with zero attached hydrogens (tertiary/aromatic N) is 3. The van der Waals surface area contributed by atoms with E-state index in [1.54, 1.807) is 18.4 Å². The van der Waals surface area contributed by atoms with E-state index in [0.717, 1.165) is 47.9 Å². The molecule has 1 saturated heterocycles. The second-order valence-corrected chi connectivity index (χ2v) is 6.45. The summed E-state index contributed by atoms with van der Waals surface area (Å²) in [5.41, 5.74) is 1.83. The van der Waals surface area contributed by atoms with Gasteiger partial charge in [0.1, 0.15) is 18.0 Å². The molecular formula is C17H21N3O2S. The average molecular weight is 331 g/mol. The lowest BCUT2D eigenvalue weighted by molar-refractivity contribution is -0.130. The van der Waals surface area contributed by atoms with Crippen LogP contribution in [0.15, 0.2) is 34.6 Å². The fourth-order valence-corrected chi connectivity index (χ4v) is 3.61. The second-order valence-electron chi connectivity index (χ2n) is 5.62. The number of aryl methyl sites for hydroxylation is 1. The molecule has 1 aliphatic rings.